The van der Waals surface area contributed by atoms with Crippen molar-refractivity contribution in [1.82, 2.24) is 15.5 Å². The van der Waals surface area contributed by atoms with Gasteiger partial charge < -0.3 is 20.7 Å². The number of thioether (sulfide) groups is 1. The smallest absolute Gasteiger partial charge is 0.341 e. The minimum absolute atomic E-state index is 0.181. The van der Waals surface area contributed by atoms with Gasteiger partial charge in [0, 0.05) is 22.0 Å². The SMILES string of the molecule is CCOC(=O)c1c(NC(=O)CSc2nnc(NC3CC3)s2)sc2c1CC(C)(C)NC2(C)C. The highest BCUT2D eigenvalue weighted by molar-refractivity contribution is 8.01. The number of aromatic nitrogens is 2. The number of hydrogen-bond acceptors (Lipinski definition) is 10. The van der Waals surface area contributed by atoms with Gasteiger partial charge in [0.15, 0.2) is 4.34 Å². The highest BCUT2D eigenvalue weighted by Gasteiger charge is 2.42. The fourth-order valence-corrected chi connectivity index (χ4v) is 6.96. The number of fused-ring (bicyclic) bond motifs is 1. The average Bonchev–Trinajstić information content (AvgIpc) is 3.25. The van der Waals surface area contributed by atoms with E-state index in [4.69, 9.17) is 4.74 Å². The Hall–Kier alpha value is -1.69. The van der Waals surface area contributed by atoms with E-state index in [0.717, 1.165) is 19.9 Å². The van der Waals surface area contributed by atoms with Crippen LogP contribution in [0.4, 0.5) is 10.1 Å². The summed E-state index contributed by atoms with van der Waals surface area (Å²) in [6.45, 7) is 10.5. The molecule has 1 aliphatic carbocycles. The van der Waals surface area contributed by atoms with Crippen LogP contribution in [0.15, 0.2) is 4.34 Å². The van der Waals surface area contributed by atoms with Gasteiger partial charge in [0.2, 0.25) is 11.0 Å². The Kier molecular flexibility index (Phi) is 6.54. The molecule has 2 aromatic rings. The van der Waals surface area contributed by atoms with E-state index in [9.17, 15) is 9.59 Å². The summed E-state index contributed by atoms with van der Waals surface area (Å²) in [6.07, 6.45) is 3.02. The second kappa shape index (κ2) is 8.92. The van der Waals surface area contributed by atoms with Gasteiger partial charge in [-0.05, 0) is 59.4 Å². The molecule has 0 aromatic carbocycles. The van der Waals surface area contributed by atoms with Crippen LogP contribution in [0.1, 0.15) is 68.3 Å². The molecule has 32 heavy (non-hydrogen) atoms. The van der Waals surface area contributed by atoms with Crippen LogP contribution in [0, 0.1) is 0 Å². The van der Waals surface area contributed by atoms with Crippen LogP contribution in [0.25, 0.3) is 0 Å². The molecule has 3 N–H and O–H groups in total. The molecule has 2 aromatic heterocycles. The maximum atomic E-state index is 12.9. The predicted octanol–water partition coefficient (Wildman–Crippen LogP) is 4.24. The molecule has 3 heterocycles. The van der Waals surface area contributed by atoms with Crippen molar-refractivity contribution in [1.29, 1.82) is 0 Å². The van der Waals surface area contributed by atoms with Crippen molar-refractivity contribution in [2.75, 3.05) is 23.0 Å². The molecule has 174 valence electrons. The average molecular weight is 496 g/mol. The second-order valence-corrected chi connectivity index (χ2v) is 12.5. The Labute approximate surface area is 200 Å². The third kappa shape index (κ3) is 5.27. The van der Waals surface area contributed by atoms with Crippen molar-refractivity contribution in [2.45, 2.75) is 75.3 Å². The maximum absolute atomic E-state index is 12.9. The molecule has 1 aliphatic heterocycles. The lowest BCUT2D eigenvalue weighted by Crippen LogP contribution is -2.55. The van der Waals surface area contributed by atoms with E-state index < -0.39 is 0 Å². The molecule has 11 heteroatoms. The summed E-state index contributed by atoms with van der Waals surface area (Å²) in [5.41, 5.74) is 0.947. The fourth-order valence-electron chi connectivity index (χ4n) is 4.05. The number of nitrogens with one attached hydrogen (secondary N) is 3. The fraction of sp³-hybridized carbons (Fsp3) is 0.619. The first-order valence-corrected chi connectivity index (χ1v) is 13.3. The maximum Gasteiger partial charge on any atom is 0.341 e. The molecule has 2 aliphatic rings. The number of anilines is 2. The van der Waals surface area contributed by atoms with Crippen LogP contribution in [-0.4, -0.2) is 46.0 Å². The standard InChI is InChI=1S/C21H29N5O3S3/c1-6-29-17(28)14-12-9-20(2,3)26-21(4,5)15(12)31-16(14)23-13(27)10-30-19-25-24-18(32-19)22-11-7-8-11/h11,26H,6-10H2,1-5H3,(H,22,24)(H,23,27). The molecule has 1 saturated carbocycles. The van der Waals surface area contributed by atoms with Crippen molar-refractivity contribution >= 4 is 56.4 Å². The number of esters is 1. The van der Waals surface area contributed by atoms with Crippen LogP contribution in [0.3, 0.4) is 0 Å². The number of nitrogens with zero attached hydrogens (tertiary/aromatic N) is 2. The van der Waals surface area contributed by atoms with Crippen molar-refractivity contribution in [2.24, 2.45) is 0 Å². The lowest BCUT2D eigenvalue weighted by Gasteiger charge is -2.42. The van der Waals surface area contributed by atoms with Crippen LogP contribution in [0.2, 0.25) is 0 Å². The van der Waals surface area contributed by atoms with E-state index in [2.05, 4.69) is 53.8 Å². The van der Waals surface area contributed by atoms with Crippen LogP contribution < -0.4 is 16.0 Å². The first-order chi connectivity index (χ1) is 15.1. The third-order valence-electron chi connectivity index (χ3n) is 5.21. The van der Waals surface area contributed by atoms with Crippen LogP contribution in [0.5, 0.6) is 0 Å². The molecule has 0 atom stereocenters. The summed E-state index contributed by atoms with van der Waals surface area (Å²) in [4.78, 5) is 26.7. The zero-order valence-electron chi connectivity index (χ0n) is 19.0. The summed E-state index contributed by atoms with van der Waals surface area (Å²) in [5, 5.41) is 19.5. The van der Waals surface area contributed by atoms with Gasteiger partial charge in [-0.1, -0.05) is 23.1 Å². The Bertz CT molecular complexity index is 1030. The summed E-state index contributed by atoms with van der Waals surface area (Å²) < 4.78 is 6.09. The molecule has 0 unspecified atom stereocenters. The molecule has 0 saturated heterocycles. The lowest BCUT2D eigenvalue weighted by atomic mass is 9.81. The Morgan fingerprint density at radius 3 is 2.66 bits per heavy atom. The third-order valence-corrected chi connectivity index (χ3v) is 8.67. The van der Waals surface area contributed by atoms with Crippen molar-refractivity contribution < 1.29 is 14.3 Å². The molecule has 1 amide bonds. The quantitative estimate of drug-likeness (QED) is 0.369. The normalized spacial score (nSPS) is 18.7. The van der Waals surface area contributed by atoms with Gasteiger partial charge in [0.25, 0.3) is 0 Å². The number of rotatable bonds is 8. The summed E-state index contributed by atoms with van der Waals surface area (Å²) in [6, 6.07) is 0.513. The van der Waals surface area contributed by atoms with E-state index >= 15 is 0 Å². The number of carbonyl (C=O) groups is 2. The van der Waals surface area contributed by atoms with Gasteiger partial charge in [0.1, 0.15) is 5.00 Å². The van der Waals surface area contributed by atoms with E-state index in [1.165, 1.54) is 47.3 Å². The molecule has 4 rings (SSSR count). The summed E-state index contributed by atoms with van der Waals surface area (Å²) >= 11 is 4.25. The van der Waals surface area contributed by atoms with Gasteiger partial charge in [-0.3, -0.25) is 4.79 Å². The first-order valence-electron chi connectivity index (χ1n) is 10.7. The number of ether oxygens (including phenoxy) is 1. The number of amides is 1. The monoisotopic (exact) mass is 495 g/mol. The van der Waals surface area contributed by atoms with E-state index in [1.54, 1.807) is 6.92 Å². The molecule has 1 fully saturated rings. The first kappa shape index (κ1) is 23.5. The zero-order chi connectivity index (χ0) is 23.1. The van der Waals surface area contributed by atoms with E-state index in [1.807, 2.05) is 0 Å². The molecule has 0 bridgehead atoms. The zero-order valence-corrected chi connectivity index (χ0v) is 21.4. The van der Waals surface area contributed by atoms with Crippen molar-refractivity contribution in [3.05, 3.63) is 16.0 Å². The molecule has 0 spiro atoms. The van der Waals surface area contributed by atoms with Gasteiger partial charge in [-0.25, -0.2) is 4.79 Å². The van der Waals surface area contributed by atoms with E-state index in [0.29, 0.717) is 23.0 Å². The molecule has 8 nitrogen and oxygen atoms in total. The van der Waals surface area contributed by atoms with Gasteiger partial charge in [-0.2, -0.15) is 0 Å². The number of thiophene rings is 1. The summed E-state index contributed by atoms with van der Waals surface area (Å²) in [5.74, 6) is -0.381. The highest BCUT2D eigenvalue weighted by Crippen LogP contribution is 2.45. The second-order valence-electron chi connectivity index (χ2n) is 9.27. The Morgan fingerprint density at radius 2 is 1.97 bits per heavy atom. The molecular weight excluding hydrogens is 466 g/mol. The molecular formula is C21H29N5O3S3. The van der Waals surface area contributed by atoms with Gasteiger partial charge in [0.05, 0.1) is 17.9 Å². The lowest BCUT2D eigenvalue weighted by molar-refractivity contribution is -0.113. The summed E-state index contributed by atoms with van der Waals surface area (Å²) in [7, 11) is 0. The Morgan fingerprint density at radius 1 is 1.22 bits per heavy atom. The van der Waals surface area contributed by atoms with Crippen LogP contribution in [-0.2, 0) is 21.5 Å². The minimum Gasteiger partial charge on any atom is -0.462 e. The minimum atomic E-state index is -0.388. The van der Waals surface area contributed by atoms with Crippen molar-refractivity contribution in [3.8, 4) is 0 Å². The topological polar surface area (TPSA) is 105 Å². The van der Waals surface area contributed by atoms with Crippen molar-refractivity contribution in [3.63, 3.8) is 0 Å². The predicted molar refractivity (Wildman–Crippen MR) is 130 cm³/mol. The number of hydrogen-bond donors (Lipinski definition) is 3. The van der Waals surface area contributed by atoms with Gasteiger partial charge >= 0.3 is 5.97 Å². The Balaban J connectivity index is 1.50. The van der Waals surface area contributed by atoms with Crippen LogP contribution >= 0.6 is 34.4 Å². The highest BCUT2D eigenvalue weighted by atomic mass is 32.2. The molecule has 0 radical (unpaired) electrons. The number of carbonyl (C=O) groups excluding carboxylic acids is 2. The van der Waals surface area contributed by atoms with Gasteiger partial charge in [-0.15, -0.1) is 21.5 Å². The van der Waals surface area contributed by atoms with E-state index in [-0.39, 0.29) is 35.3 Å². The largest absolute Gasteiger partial charge is 0.462 e.